The van der Waals surface area contributed by atoms with Crippen LogP contribution in [0.25, 0.3) is 0 Å². The summed E-state index contributed by atoms with van der Waals surface area (Å²) in [6.45, 7) is 4.38. The number of hydrogen-bond donors (Lipinski definition) is 2. The van der Waals surface area contributed by atoms with Gasteiger partial charge < -0.3 is 15.8 Å². The van der Waals surface area contributed by atoms with E-state index in [1.165, 1.54) is 7.11 Å². The fraction of sp³-hybridized carbons (Fsp3) is 0.500. The molecule has 1 aromatic heterocycles. The van der Waals surface area contributed by atoms with Crippen molar-refractivity contribution in [2.75, 3.05) is 19.4 Å². The summed E-state index contributed by atoms with van der Waals surface area (Å²) in [6, 6.07) is 0. The van der Waals surface area contributed by atoms with E-state index in [2.05, 4.69) is 17.0 Å². The molecule has 0 atom stereocenters. The third kappa shape index (κ3) is 3.01. The second-order valence-corrected chi connectivity index (χ2v) is 4.95. The number of nitrogens with two attached hydrogens (primary N) is 1. The van der Waals surface area contributed by atoms with E-state index in [4.69, 9.17) is 5.73 Å². The Kier molecular flexibility index (Phi) is 5.15. The SMILES string of the molecule is CCCCNC(=O)c1sc(N)c(C(=O)OC)c1C. The Morgan fingerprint density at radius 3 is 2.67 bits per heavy atom. The number of esters is 1. The second-order valence-electron chi connectivity index (χ2n) is 3.90. The van der Waals surface area contributed by atoms with Crippen LogP contribution < -0.4 is 11.1 Å². The predicted molar refractivity (Wildman–Crippen MR) is 72.0 cm³/mol. The maximum absolute atomic E-state index is 11.9. The topological polar surface area (TPSA) is 81.4 Å². The number of amides is 1. The lowest BCUT2D eigenvalue weighted by Crippen LogP contribution is -2.24. The standard InChI is InChI=1S/C12H18N2O3S/c1-4-5-6-14-11(15)9-7(2)8(10(13)18-9)12(16)17-3/h4-6,13H2,1-3H3,(H,14,15). The summed E-state index contributed by atoms with van der Waals surface area (Å²) >= 11 is 1.12. The molecule has 0 spiro atoms. The maximum atomic E-state index is 11.9. The van der Waals surface area contributed by atoms with Crippen LogP contribution in [0.5, 0.6) is 0 Å². The molecule has 100 valence electrons. The van der Waals surface area contributed by atoms with Gasteiger partial charge in [0.05, 0.1) is 17.6 Å². The third-order valence-corrected chi connectivity index (χ3v) is 3.71. The molecule has 18 heavy (non-hydrogen) atoms. The number of nitrogens with one attached hydrogen (secondary N) is 1. The van der Waals surface area contributed by atoms with Gasteiger partial charge in [-0.15, -0.1) is 11.3 Å². The minimum Gasteiger partial charge on any atom is -0.465 e. The van der Waals surface area contributed by atoms with Crippen molar-refractivity contribution in [2.45, 2.75) is 26.7 Å². The molecule has 1 aromatic rings. The molecule has 1 amide bonds. The van der Waals surface area contributed by atoms with Gasteiger partial charge in [0.2, 0.25) is 0 Å². The molecule has 0 bridgehead atoms. The molecule has 6 heteroatoms. The minimum atomic E-state index is -0.506. The van der Waals surface area contributed by atoms with E-state index in [0.717, 1.165) is 24.2 Å². The molecule has 0 radical (unpaired) electrons. The fourth-order valence-corrected chi connectivity index (χ4v) is 2.55. The van der Waals surface area contributed by atoms with Crippen molar-refractivity contribution in [2.24, 2.45) is 0 Å². The Morgan fingerprint density at radius 1 is 1.44 bits per heavy atom. The summed E-state index contributed by atoms with van der Waals surface area (Å²) in [5, 5.41) is 3.12. The molecule has 0 aliphatic heterocycles. The highest BCUT2D eigenvalue weighted by Crippen LogP contribution is 2.30. The molecule has 3 N–H and O–H groups in total. The summed E-state index contributed by atoms with van der Waals surface area (Å²) in [4.78, 5) is 23.9. The van der Waals surface area contributed by atoms with Crippen molar-refractivity contribution in [3.8, 4) is 0 Å². The van der Waals surface area contributed by atoms with E-state index in [-0.39, 0.29) is 5.91 Å². The first-order chi connectivity index (χ1) is 8.52. The lowest BCUT2D eigenvalue weighted by Gasteiger charge is -2.03. The average molecular weight is 270 g/mol. The zero-order valence-electron chi connectivity index (χ0n) is 10.8. The smallest absolute Gasteiger partial charge is 0.341 e. The number of methoxy groups -OCH3 is 1. The molecular formula is C12H18N2O3S. The lowest BCUT2D eigenvalue weighted by molar-refractivity contribution is 0.0601. The highest BCUT2D eigenvalue weighted by atomic mass is 32.1. The predicted octanol–water partition coefficient (Wildman–Crippen LogP) is 1.96. The molecule has 0 aromatic carbocycles. The van der Waals surface area contributed by atoms with E-state index in [1.54, 1.807) is 6.92 Å². The van der Waals surface area contributed by atoms with E-state index in [0.29, 0.717) is 27.5 Å². The fourth-order valence-electron chi connectivity index (χ4n) is 1.57. The van der Waals surface area contributed by atoms with Gasteiger partial charge in [-0.1, -0.05) is 13.3 Å². The second kappa shape index (κ2) is 6.39. The van der Waals surface area contributed by atoms with Crippen molar-refractivity contribution in [1.82, 2.24) is 5.32 Å². The molecular weight excluding hydrogens is 252 g/mol. The number of unbranched alkanes of at least 4 members (excludes halogenated alkanes) is 1. The van der Waals surface area contributed by atoms with Crippen LogP contribution >= 0.6 is 11.3 Å². The van der Waals surface area contributed by atoms with Gasteiger partial charge in [-0.25, -0.2) is 4.79 Å². The van der Waals surface area contributed by atoms with Crippen molar-refractivity contribution in [1.29, 1.82) is 0 Å². The summed E-state index contributed by atoms with van der Waals surface area (Å²) in [7, 11) is 1.29. The Labute approximate surface area is 110 Å². The molecule has 0 unspecified atom stereocenters. The van der Waals surface area contributed by atoms with Gasteiger partial charge in [0.15, 0.2) is 0 Å². The van der Waals surface area contributed by atoms with Crippen molar-refractivity contribution < 1.29 is 14.3 Å². The van der Waals surface area contributed by atoms with Gasteiger partial charge in [-0.05, 0) is 18.9 Å². The Hall–Kier alpha value is -1.56. The van der Waals surface area contributed by atoms with Crippen LogP contribution in [-0.4, -0.2) is 25.5 Å². The van der Waals surface area contributed by atoms with E-state index >= 15 is 0 Å². The molecule has 0 saturated heterocycles. The normalized spacial score (nSPS) is 10.2. The van der Waals surface area contributed by atoms with Crippen molar-refractivity contribution >= 4 is 28.2 Å². The lowest BCUT2D eigenvalue weighted by atomic mass is 10.1. The quantitative estimate of drug-likeness (QED) is 0.633. The maximum Gasteiger partial charge on any atom is 0.341 e. The van der Waals surface area contributed by atoms with Gasteiger partial charge in [0, 0.05) is 6.54 Å². The van der Waals surface area contributed by atoms with E-state index in [9.17, 15) is 9.59 Å². The number of thiophene rings is 1. The van der Waals surface area contributed by atoms with Crippen LogP contribution in [0.4, 0.5) is 5.00 Å². The summed E-state index contributed by atoms with van der Waals surface area (Å²) in [5.74, 6) is -0.693. The first-order valence-electron chi connectivity index (χ1n) is 5.78. The summed E-state index contributed by atoms with van der Waals surface area (Å²) < 4.78 is 4.65. The zero-order chi connectivity index (χ0) is 13.7. The van der Waals surface area contributed by atoms with Crippen molar-refractivity contribution in [3.63, 3.8) is 0 Å². The molecule has 0 aliphatic carbocycles. The largest absolute Gasteiger partial charge is 0.465 e. The van der Waals surface area contributed by atoms with Crippen LogP contribution in [-0.2, 0) is 4.74 Å². The Morgan fingerprint density at radius 2 is 2.11 bits per heavy atom. The monoisotopic (exact) mass is 270 g/mol. The van der Waals surface area contributed by atoms with Crippen LogP contribution in [0.3, 0.4) is 0 Å². The summed E-state index contributed by atoms with van der Waals surface area (Å²) in [6.07, 6.45) is 1.94. The number of hydrogen-bond acceptors (Lipinski definition) is 5. The van der Waals surface area contributed by atoms with Gasteiger partial charge in [0.25, 0.3) is 5.91 Å². The molecule has 1 rings (SSSR count). The van der Waals surface area contributed by atoms with Crippen molar-refractivity contribution in [3.05, 3.63) is 16.0 Å². The highest BCUT2D eigenvalue weighted by molar-refractivity contribution is 7.18. The van der Waals surface area contributed by atoms with E-state index < -0.39 is 5.97 Å². The van der Waals surface area contributed by atoms with Gasteiger partial charge in [-0.2, -0.15) is 0 Å². The molecule has 1 heterocycles. The minimum absolute atomic E-state index is 0.187. The summed E-state index contributed by atoms with van der Waals surface area (Å²) in [5.41, 5.74) is 6.63. The number of nitrogen functional groups attached to an aromatic ring is 1. The number of ether oxygens (including phenoxy) is 1. The highest BCUT2D eigenvalue weighted by Gasteiger charge is 2.23. The first kappa shape index (κ1) is 14.5. The third-order valence-electron chi connectivity index (χ3n) is 2.59. The Bertz CT molecular complexity index is 454. The number of rotatable bonds is 5. The molecule has 0 saturated carbocycles. The van der Waals surface area contributed by atoms with Gasteiger partial charge in [-0.3, -0.25) is 4.79 Å². The number of carbonyl (C=O) groups is 2. The van der Waals surface area contributed by atoms with Crippen LogP contribution in [0, 0.1) is 6.92 Å². The zero-order valence-corrected chi connectivity index (χ0v) is 11.6. The first-order valence-corrected chi connectivity index (χ1v) is 6.59. The van der Waals surface area contributed by atoms with E-state index in [1.807, 2.05) is 0 Å². The van der Waals surface area contributed by atoms with Gasteiger partial charge in [0.1, 0.15) is 5.00 Å². The Balaban J connectivity index is 2.91. The number of anilines is 1. The van der Waals surface area contributed by atoms with Gasteiger partial charge >= 0.3 is 5.97 Å². The van der Waals surface area contributed by atoms with Crippen LogP contribution in [0.2, 0.25) is 0 Å². The molecule has 0 fully saturated rings. The molecule has 0 aliphatic rings. The van der Waals surface area contributed by atoms with Crippen LogP contribution in [0.1, 0.15) is 45.4 Å². The average Bonchev–Trinajstić information content (AvgIpc) is 2.64. The number of carbonyl (C=O) groups excluding carboxylic acids is 2. The molecule has 5 nitrogen and oxygen atoms in total. The van der Waals surface area contributed by atoms with Crippen LogP contribution in [0.15, 0.2) is 0 Å².